The van der Waals surface area contributed by atoms with Crippen molar-refractivity contribution in [3.8, 4) is 5.75 Å². The summed E-state index contributed by atoms with van der Waals surface area (Å²) in [5, 5.41) is 10.8. The number of non-ortho nitro benzene ring substituents is 1. The summed E-state index contributed by atoms with van der Waals surface area (Å²) in [6.45, 7) is 6.74. The van der Waals surface area contributed by atoms with E-state index in [9.17, 15) is 14.9 Å². The fraction of sp³-hybridized carbons (Fsp3) is 0.345. The average molecular weight is 516 g/mol. The van der Waals surface area contributed by atoms with Gasteiger partial charge in [-0.15, -0.1) is 0 Å². The summed E-state index contributed by atoms with van der Waals surface area (Å²) in [6.07, 6.45) is 5.59. The Labute approximate surface area is 222 Å². The number of amides is 1. The van der Waals surface area contributed by atoms with Gasteiger partial charge in [0.05, 0.1) is 12.0 Å². The van der Waals surface area contributed by atoms with Crippen LogP contribution in [0.25, 0.3) is 6.08 Å². The molecule has 3 aromatic rings. The van der Waals surface area contributed by atoms with Crippen LogP contribution in [0.1, 0.15) is 41.6 Å². The number of benzene rings is 2. The van der Waals surface area contributed by atoms with Crippen LogP contribution in [0.2, 0.25) is 0 Å². The van der Waals surface area contributed by atoms with Crippen molar-refractivity contribution in [1.82, 2.24) is 14.9 Å². The second-order valence-corrected chi connectivity index (χ2v) is 9.25. The minimum absolute atomic E-state index is 0.0265. The zero-order valence-corrected chi connectivity index (χ0v) is 22.1. The van der Waals surface area contributed by atoms with Crippen molar-refractivity contribution in [2.24, 2.45) is 0 Å². The van der Waals surface area contributed by atoms with E-state index in [4.69, 9.17) is 14.7 Å². The molecule has 2 heterocycles. The number of nitrogens with zero attached hydrogens (tertiary/aromatic N) is 5. The van der Waals surface area contributed by atoms with Crippen molar-refractivity contribution in [2.75, 3.05) is 38.2 Å². The van der Waals surface area contributed by atoms with Crippen LogP contribution in [0.5, 0.6) is 5.75 Å². The Hall–Kier alpha value is -4.27. The Morgan fingerprint density at radius 3 is 2.45 bits per heavy atom. The lowest BCUT2D eigenvalue weighted by Crippen LogP contribution is -2.35. The number of methoxy groups -OCH3 is 1. The van der Waals surface area contributed by atoms with E-state index >= 15 is 0 Å². The normalized spacial score (nSPS) is 14.0. The predicted molar refractivity (Wildman–Crippen MR) is 147 cm³/mol. The van der Waals surface area contributed by atoms with Crippen LogP contribution in [0.3, 0.4) is 0 Å². The highest BCUT2D eigenvalue weighted by molar-refractivity contribution is 5.91. The van der Waals surface area contributed by atoms with Crippen molar-refractivity contribution in [2.45, 2.75) is 33.1 Å². The first-order chi connectivity index (χ1) is 18.4. The smallest absolute Gasteiger partial charge is 0.269 e. The molecule has 0 bridgehead atoms. The number of aromatic nitrogens is 2. The van der Waals surface area contributed by atoms with E-state index in [1.54, 1.807) is 25.3 Å². The second-order valence-electron chi connectivity index (χ2n) is 9.25. The molecule has 1 aliphatic rings. The standard InChI is InChI=1S/C29H33N5O4/c1-4-27-26(20-23-8-13-25(38-3)14-9-23)29(31-21(2)30-27)33-17-5-16-32(18-19-33)28(35)15-10-22-6-11-24(12-7-22)34(36)37/h6-15H,4-5,16-20H2,1-3H3/b15-10+. The third-order valence-corrected chi connectivity index (χ3v) is 6.69. The molecule has 9 heteroatoms. The van der Waals surface area contributed by atoms with E-state index in [2.05, 4.69) is 24.0 Å². The Balaban J connectivity index is 1.49. The van der Waals surface area contributed by atoms with Crippen LogP contribution in [0.15, 0.2) is 54.6 Å². The first-order valence-corrected chi connectivity index (χ1v) is 12.8. The van der Waals surface area contributed by atoms with Gasteiger partial charge in [0.15, 0.2) is 0 Å². The van der Waals surface area contributed by atoms with Gasteiger partial charge in [0.1, 0.15) is 17.4 Å². The summed E-state index contributed by atoms with van der Waals surface area (Å²) in [6, 6.07) is 14.2. The molecular formula is C29H33N5O4. The molecule has 1 aliphatic heterocycles. The molecular weight excluding hydrogens is 482 g/mol. The summed E-state index contributed by atoms with van der Waals surface area (Å²) < 4.78 is 5.30. The van der Waals surface area contributed by atoms with E-state index in [1.807, 2.05) is 24.0 Å². The van der Waals surface area contributed by atoms with Gasteiger partial charge in [-0.2, -0.15) is 0 Å². The topological polar surface area (TPSA) is 102 Å². The number of hydrogen-bond donors (Lipinski definition) is 0. The molecule has 0 spiro atoms. The molecule has 0 aliphatic carbocycles. The number of nitro groups is 1. The molecule has 1 fully saturated rings. The summed E-state index contributed by atoms with van der Waals surface area (Å²) in [5.41, 5.74) is 4.11. The SMILES string of the molecule is CCc1nc(C)nc(N2CCCN(C(=O)/C=C/c3ccc([N+](=O)[O-])cc3)CC2)c1Cc1ccc(OC)cc1. The zero-order valence-electron chi connectivity index (χ0n) is 22.1. The van der Waals surface area contributed by atoms with E-state index < -0.39 is 4.92 Å². The number of carbonyl (C=O) groups excluding carboxylic acids is 1. The number of hydrogen-bond acceptors (Lipinski definition) is 7. The Morgan fingerprint density at radius 2 is 1.79 bits per heavy atom. The van der Waals surface area contributed by atoms with Crippen molar-refractivity contribution < 1.29 is 14.5 Å². The van der Waals surface area contributed by atoms with Crippen LogP contribution in [-0.4, -0.2) is 59.0 Å². The molecule has 0 N–H and O–H groups in total. The molecule has 1 amide bonds. The zero-order chi connectivity index (χ0) is 27.1. The lowest BCUT2D eigenvalue weighted by Gasteiger charge is -2.26. The molecule has 38 heavy (non-hydrogen) atoms. The minimum atomic E-state index is -0.438. The van der Waals surface area contributed by atoms with Crippen molar-refractivity contribution >= 4 is 23.5 Å². The van der Waals surface area contributed by atoms with Crippen LogP contribution in [0, 0.1) is 17.0 Å². The van der Waals surface area contributed by atoms with Crippen LogP contribution in [0.4, 0.5) is 11.5 Å². The summed E-state index contributed by atoms with van der Waals surface area (Å²) >= 11 is 0. The fourth-order valence-corrected chi connectivity index (χ4v) is 4.65. The summed E-state index contributed by atoms with van der Waals surface area (Å²) in [5.74, 6) is 2.45. The van der Waals surface area contributed by atoms with Gasteiger partial charge in [-0.1, -0.05) is 19.1 Å². The number of carbonyl (C=O) groups is 1. The highest BCUT2D eigenvalue weighted by atomic mass is 16.6. The highest BCUT2D eigenvalue weighted by Gasteiger charge is 2.23. The molecule has 0 radical (unpaired) electrons. The van der Waals surface area contributed by atoms with Crippen molar-refractivity contribution in [3.05, 3.63) is 92.9 Å². The lowest BCUT2D eigenvalue weighted by molar-refractivity contribution is -0.384. The van der Waals surface area contributed by atoms with Gasteiger partial charge < -0.3 is 14.5 Å². The van der Waals surface area contributed by atoms with Crippen molar-refractivity contribution in [3.63, 3.8) is 0 Å². The largest absolute Gasteiger partial charge is 0.497 e. The highest BCUT2D eigenvalue weighted by Crippen LogP contribution is 2.27. The Bertz CT molecular complexity index is 1310. The van der Waals surface area contributed by atoms with Gasteiger partial charge >= 0.3 is 0 Å². The first kappa shape index (κ1) is 26.8. The predicted octanol–water partition coefficient (Wildman–Crippen LogP) is 4.61. The molecule has 9 nitrogen and oxygen atoms in total. The molecule has 4 rings (SSSR count). The number of nitro benzene ring substituents is 1. The average Bonchev–Trinajstić information content (AvgIpc) is 3.19. The van der Waals surface area contributed by atoms with E-state index in [0.29, 0.717) is 19.6 Å². The Morgan fingerprint density at radius 1 is 1.05 bits per heavy atom. The van der Waals surface area contributed by atoms with Gasteiger partial charge in [-0.05, 0) is 61.2 Å². The van der Waals surface area contributed by atoms with Crippen LogP contribution < -0.4 is 9.64 Å². The van der Waals surface area contributed by atoms with Crippen molar-refractivity contribution in [1.29, 1.82) is 0 Å². The van der Waals surface area contributed by atoms with E-state index in [0.717, 1.165) is 65.6 Å². The summed E-state index contributed by atoms with van der Waals surface area (Å²) in [4.78, 5) is 37.1. The quantitative estimate of drug-likeness (QED) is 0.245. The number of ether oxygens (including phenoxy) is 1. The third-order valence-electron chi connectivity index (χ3n) is 6.69. The van der Waals surface area contributed by atoms with Gasteiger partial charge in [0, 0.05) is 62.1 Å². The summed E-state index contributed by atoms with van der Waals surface area (Å²) in [7, 11) is 1.66. The first-order valence-electron chi connectivity index (χ1n) is 12.8. The molecule has 2 aromatic carbocycles. The van der Waals surface area contributed by atoms with E-state index in [1.165, 1.54) is 18.2 Å². The maximum Gasteiger partial charge on any atom is 0.269 e. The van der Waals surface area contributed by atoms with Crippen LogP contribution >= 0.6 is 0 Å². The van der Waals surface area contributed by atoms with Gasteiger partial charge in [0.2, 0.25) is 5.91 Å². The van der Waals surface area contributed by atoms with Gasteiger partial charge in [-0.25, -0.2) is 9.97 Å². The minimum Gasteiger partial charge on any atom is -0.497 e. The third kappa shape index (κ3) is 6.53. The molecule has 1 saturated heterocycles. The lowest BCUT2D eigenvalue weighted by atomic mass is 10.0. The molecule has 0 unspecified atom stereocenters. The van der Waals surface area contributed by atoms with Crippen LogP contribution in [-0.2, 0) is 17.6 Å². The molecule has 0 saturated carbocycles. The molecule has 0 atom stereocenters. The number of anilines is 1. The number of rotatable bonds is 8. The molecule has 198 valence electrons. The molecule has 1 aromatic heterocycles. The number of aryl methyl sites for hydroxylation is 2. The fourth-order valence-electron chi connectivity index (χ4n) is 4.65. The maximum absolute atomic E-state index is 12.9. The van der Waals surface area contributed by atoms with Gasteiger partial charge in [-0.3, -0.25) is 14.9 Å². The van der Waals surface area contributed by atoms with E-state index in [-0.39, 0.29) is 11.6 Å². The monoisotopic (exact) mass is 515 g/mol. The van der Waals surface area contributed by atoms with Gasteiger partial charge in [0.25, 0.3) is 5.69 Å². The maximum atomic E-state index is 12.9. The Kier molecular flexibility index (Phi) is 8.68. The second kappa shape index (κ2) is 12.3.